The molecule has 0 aliphatic carbocycles. The molecule has 1 aromatic carbocycles. The molecule has 4 atom stereocenters. The molecule has 0 amide bonds. The second-order valence-corrected chi connectivity index (χ2v) is 7.62. The minimum absolute atomic E-state index is 0.0559. The van der Waals surface area contributed by atoms with Crippen LogP contribution in [0, 0.1) is 5.21 Å². The number of quaternary nitrogens is 1. The number of fused-ring (bicyclic) bond motifs is 2. The Morgan fingerprint density at radius 1 is 1.32 bits per heavy atom. The summed E-state index contributed by atoms with van der Waals surface area (Å²) < 4.78 is 6.12. The van der Waals surface area contributed by atoms with E-state index in [0.29, 0.717) is 16.9 Å². The van der Waals surface area contributed by atoms with Crippen molar-refractivity contribution in [3.05, 3.63) is 51.5 Å². The average Bonchev–Trinajstić information content (AvgIpc) is 3.31. The molecule has 0 bridgehead atoms. The second-order valence-electron chi connectivity index (χ2n) is 7.62. The number of anilines is 1. The summed E-state index contributed by atoms with van der Waals surface area (Å²) in [5.74, 6) is -0.214. The first-order valence-corrected chi connectivity index (χ1v) is 9.71. The smallest absolute Gasteiger partial charge is 0.319 e. The van der Waals surface area contributed by atoms with E-state index in [1.54, 1.807) is 30.3 Å². The van der Waals surface area contributed by atoms with Crippen LogP contribution in [0.5, 0.6) is 0 Å². The van der Waals surface area contributed by atoms with Crippen molar-refractivity contribution in [2.45, 2.75) is 24.9 Å². The Morgan fingerprint density at radius 2 is 2.10 bits per heavy atom. The number of benzene rings is 1. The summed E-state index contributed by atoms with van der Waals surface area (Å²) in [5, 5.41) is 34.0. The van der Waals surface area contributed by atoms with Crippen LogP contribution in [-0.2, 0) is 4.74 Å². The van der Waals surface area contributed by atoms with Crippen LogP contribution >= 0.6 is 0 Å². The van der Waals surface area contributed by atoms with E-state index < -0.39 is 35.2 Å². The van der Waals surface area contributed by atoms with E-state index in [-0.39, 0.29) is 36.0 Å². The van der Waals surface area contributed by atoms with Crippen molar-refractivity contribution in [3.63, 3.8) is 0 Å². The van der Waals surface area contributed by atoms with Crippen LogP contribution in [0.25, 0.3) is 16.9 Å². The number of hydrogen-bond donors (Lipinski definition) is 5. The molecule has 5 rings (SSSR count). The molecule has 12 heteroatoms. The Morgan fingerprint density at radius 3 is 2.84 bits per heavy atom. The molecule has 2 aromatic heterocycles. The maximum atomic E-state index is 14.3. The SMILES string of the molecule is NC1=CC[N+]([O-])(c2nc3c(=O)[nH]c(N)nc3n2[C@H]2C[C@H](O)[C@@H](CO)O2)c2ccccc21. The second kappa shape index (κ2) is 6.87. The molecule has 3 aromatic rings. The molecule has 0 radical (unpaired) electrons. The highest BCUT2D eigenvalue weighted by Gasteiger charge is 2.42. The molecule has 162 valence electrons. The molecule has 4 heterocycles. The normalized spacial score (nSPS) is 28.0. The first kappa shape index (κ1) is 19.7. The highest BCUT2D eigenvalue weighted by molar-refractivity contribution is 5.82. The van der Waals surface area contributed by atoms with Gasteiger partial charge in [-0.25, -0.2) is 4.57 Å². The number of aromatic amines is 1. The Labute approximate surface area is 175 Å². The number of aliphatic hydroxyl groups excluding tert-OH is 2. The molecule has 31 heavy (non-hydrogen) atoms. The van der Waals surface area contributed by atoms with Crippen molar-refractivity contribution in [2.75, 3.05) is 18.9 Å². The third-order valence-corrected chi connectivity index (χ3v) is 5.72. The van der Waals surface area contributed by atoms with E-state index in [9.17, 15) is 20.2 Å². The van der Waals surface area contributed by atoms with Crippen molar-refractivity contribution in [3.8, 4) is 0 Å². The van der Waals surface area contributed by atoms with Crippen molar-refractivity contribution in [1.82, 2.24) is 24.2 Å². The number of ether oxygens (including phenoxy) is 1. The summed E-state index contributed by atoms with van der Waals surface area (Å²) in [5.41, 5.74) is 12.6. The third kappa shape index (κ3) is 2.85. The molecule has 2 aliphatic heterocycles. The lowest BCUT2D eigenvalue weighted by Crippen LogP contribution is -2.43. The fourth-order valence-electron chi connectivity index (χ4n) is 4.20. The third-order valence-electron chi connectivity index (χ3n) is 5.72. The van der Waals surface area contributed by atoms with E-state index in [0.717, 1.165) is 0 Å². The van der Waals surface area contributed by atoms with Gasteiger partial charge in [-0.05, 0) is 12.1 Å². The molecular formula is C19H21N7O5. The van der Waals surface area contributed by atoms with Gasteiger partial charge in [-0.2, -0.15) is 9.97 Å². The van der Waals surface area contributed by atoms with Crippen LogP contribution in [-0.4, -0.2) is 55.1 Å². The number of H-pyrrole nitrogens is 1. The first-order chi connectivity index (χ1) is 14.8. The first-order valence-electron chi connectivity index (χ1n) is 9.71. The molecule has 1 saturated heterocycles. The number of nitrogen functional groups attached to an aromatic ring is 1. The van der Waals surface area contributed by atoms with Crippen LogP contribution in [0.15, 0.2) is 35.1 Å². The van der Waals surface area contributed by atoms with E-state index in [2.05, 4.69) is 15.0 Å². The molecule has 1 unspecified atom stereocenters. The fourth-order valence-corrected chi connectivity index (χ4v) is 4.20. The van der Waals surface area contributed by atoms with Gasteiger partial charge in [0.05, 0.1) is 18.3 Å². The van der Waals surface area contributed by atoms with Crippen molar-refractivity contribution in [1.29, 1.82) is 0 Å². The summed E-state index contributed by atoms with van der Waals surface area (Å²) in [4.78, 5) is 23.4. The number of nitrogens with two attached hydrogens (primary N) is 2. The largest absolute Gasteiger partial charge is 0.619 e. The maximum absolute atomic E-state index is 14.3. The molecule has 0 spiro atoms. The topological polar surface area (TPSA) is 188 Å². The van der Waals surface area contributed by atoms with E-state index in [4.69, 9.17) is 16.2 Å². The fraction of sp³-hybridized carbons (Fsp3) is 0.316. The monoisotopic (exact) mass is 427 g/mol. The number of nitrogens with one attached hydrogen (secondary N) is 1. The average molecular weight is 427 g/mol. The van der Waals surface area contributed by atoms with E-state index >= 15 is 0 Å². The lowest BCUT2D eigenvalue weighted by Gasteiger charge is -2.42. The van der Waals surface area contributed by atoms with Crippen molar-refractivity contribution in [2.24, 2.45) is 5.73 Å². The molecule has 1 fully saturated rings. The number of hydrogen-bond acceptors (Lipinski definition) is 9. The number of nitrogens with zero attached hydrogens (tertiary/aromatic N) is 4. The number of aromatic nitrogens is 4. The summed E-state index contributed by atoms with van der Waals surface area (Å²) >= 11 is 0. The Bertz CT molecular complexity index is 1270. The summed E-state index contributed by atoms with van der Waals surface area (Å²) in [6.07, 6.45) is -1.04. The number of rotatable bonds is 3. The zero-order valence-electron chi connectivity index (χ0n) is 16.3. The Balaban J connectivity index is 1.79. The number of aliphatic hydroxyl groups is 2. The maximum Gasteiger partial charge on any atom is 0.319 e. The molecule has 0 saturated carbocycles. The minimum Gasteiger partial charge on any atom is -0.619 e. The molecule has 7 N–H and O–H groups in total. The standard InChI is InChI=1S/C19H21N7O5/c20-10-5-6-26(30,11-4-2-1-3-9(10)11)19-22-15-16(23-18(21)24-17(15)29)25(19)14-7-12(28)13(8-27)31-14/h1-5,12-14,27-28H,6-8,20H2,(H3,21,23,24,29)/t12-,13+,14+,26?/m0/s1. The quantitative estimate of drug-likeness (QED) is 0.278. The predicted molar refractivity (Wildman–Crippen MR) is 112 cm³/mol. The summed E-state index contributed by atoms with van der Waals surface area (Å²) in [6, 6.07) is 6.88. The van der Waals surface area contributed by atoms with Gasteiger partial charge in [-0.3, -0.25) is 14.4 Å². The predicted octanol–water partition coefficient (Wildman–Crippen LogP) is -0.207. The highest BCUT2D eigenvalue weighted by atomic mass is 16.6. The summed E-state index contributed by atoms with van der Waals surface area (Å²) in [7, 11) is 0. The van der Waals surface area contributed by atoms with E-state index in [1.165, 1.54) is 4.57 Å². The van der Waals surface area contributed by atoms with Gasteiger partial charge in [-0.1, -0.05) is 12.1 Å². The van der Waals surface area contributed by atoms with Gasteiger partial charge in [0, 0.05) is 18.2 Å². The number of para-hydroxylation sites is 1. The van der Waals surface area contributed by atoms with Gasteiger partial charge in [-0.15, -0.1) is 0 Å². The van der Waals surface area contributed by atoms with Crippen molar-refractivity contribution < 1.29 is 14.9 Å². The van der Waals surface area contributed by atoms with Crippen molar-refractivity contribution >= 4 is 34.4 Å². The van der Waals surface area contributed by atoms with Gasteiger partial charge in [0.25, 0.3) is 5.56 Å². The minimum atomic E-state index is -1.05. The summed E-state index contributed by atoms with van der Waals surface area (Å²) in [6.45, 7) is -0.479. The van der Waals surface area contributed by atoms with Gasteiger partial charge in [0.15, 0.2) is 11.2 Å². The zero-order chi connectivity index (χ0) is 21.9. The van der Waals surface area contributed by atoms with Gasteiger partial charge < -0.3 is 31.6 Å². The number of hydroxylamine groups is 1. The molecular weight excluding hydrogens is 406 g/mol. The highest BCUT2D eigenvalue weighted by Crippen LogP contribution is 2.44. The lowest BCUT2D eigenvalue weighted by molar-refractivity contribution is -0.0434. The van der Waals surface area contributed by atoms with E-state index in [1.807, 2.05) is 0 Å². The van der Waals surface area contributed by atoms with Gasteiger partial charge >= 0.3 is 5.95 Å². The van der Waals surface area contributed by atoms with Crippen LogP contribution < -0.4 is 21.7 Å². The lowest BCUT2D eigenvalue weighted by atomic mass is 10.0. The van der Waals surface area contributed by atoms with Crippen LogP contribution in [0.3, 0.4) is 0 Å². The molecule has 2 aliphatic rings. The zero-order valence-corrected chi connectivity index (χ0v) is 16.3. The molecule has 12 nitrogen and oxygen atoms in total. The number of imidazole rings is 1. The Hall–Kier alpha value is -3.29. The van der Waals surface area contributed by atoms with Crippen LogP contribution in [0.4, 0.5) is 17.6 Å². The Kier molecular flexibility index (Phi) is 4.35. The van der Waals surface area contributed by atoms with Crippen LogP contribution in [0.1, 0.15) is 18.2 Å². The van der Waals surface area contributed by atoms with Gasteiger partial charge in [0.2, 0.25) is 5.95 Å². The van der Waals surface area contributed by atoms with Crippen LogP contribution in [0.2, 0.25) is 0 Å². The van der Waals surface area contributed by atoms with Gasteiger partial charge in [0.1, 0.15) is 24.6 Å².